The lowest BCUT2D eigenvalue weighted by atomic mass is 10.2. The summed E-state index contributed by atoms with van der Waals surface area (Å²) < 4.78 is 76.2. The fourth-order valence-corrected chi connectivity index (χ4v) is 3.31. The molecule has 0 fully saturated rings. The van der Waals surface area contributed by atoms with Gasteiger partial charge in [-0.1, -0.05) is 12.1 Å². The summed E-state index contributed by atoms with van der Waals surface area (Å²) in [5.41, 5.74) is -1.39. The Balaban J connectivity index is 3.20. The third-order valence-corrected chi connectivity index (χ3v) is 4.01. The highest BCUT2D eigenvalue weighted by Gasteiger charge is 2.37. The molecule has 1 rings (SSSR count). The van der Waals surface area contributed by atoms with Gasteiger partial charge < -0.3 is 4.89 Å². The van der Waals surface area contributed by atoms with Gasteiger partial charge in [0.05, 0.1) is 5.56 Å². The molecule has 19 heavy (non-hydrogen) atoms. The number of alkyl halides is 3. The monoisotopic (exact) mass is 318 g/mol. The minimum Gasteiger partial charge on any atom is -0.343 e. The van der Waals surface area contributed by atoms with Crippen molar-refractivity contribution in [2.24, 2.45) is 0 Å². The molecule has 1 N–H and O–H groups in total. The Morgan fingerprint density at radius 3 is 2.32 bits per heavy atom. The van der Waals surface area contributed by atoms with E-state index < -0.39 is 40.5 Å². The molecular formula is C9H10F3O5PS. The number of halogens is 3. The van der Waals surface area contributed by atoms with Gasteiger partial charge in [-0.3, -0.25) is 8.75 Å². The van der Waals surface area contributed by atoms with Gasteiger partial charge in [0.25, 0.3) is 10.1 Å². The second-order valence-corrected chi connectivity index (χ2v) is 7.69. The second kappa shape index (κ2) is 5.24. The van der Waals surface area contributed by atoms with Crippen molar-refractivity contribution in [3.05, 3.63) is 29.8 Å². The Morgan fingerprint density at radius 2 is 1.84 bits per heavy atom. The van der Waals surface area contributed by atoms with Crippen LogP contribution in [0.1, 0.15) is 5.56 Å². The van der Waals surface area contributed by atoms with Crippen LogP contribution in [0.3, 0.4) is 0 Å². The van der Waals surface area contributed by atoms with Gasteiger partial charge in [0.1, 0.15) is 11.2 Å². The standard InChI is InChI=1S/C9H10F3O5PS/c1-18(13,14)6-17-19(15,16)8-5-3-2-4-7(8)9(10,11)12/h2-5H,6H2,1H3,(H,13,14). The van der Waals surface area contributed by atoms with Crippen LogP contribution in [0.4, 0.5) is 13.2 Å². The molecule has 0 aliphatic heterocycles. The lowest BCUT2D eigenvalue weighted by molar-refractivity contribution is -0.140. The van der Waals surface area contributed by atoms with Crippen molar-refractivity contribution >= 4 is 17.5 Å². The molecule has 5 nitrogen and oxygen atoms in total. The molecule has 0 saturated carbocycles. The van der Waals surface area contributed by atoms with Crippen molar-refractivity contribution in [2.45, 2.75) is 11.1 Å². The SMILES string of the molecule is CP(=O)(O)COS(=O)(=O)c1ccccc1C(F)(F)F. The highest BCUT2D eigenvalue weighted by molar-refractivity contribution is 7.87. The van der Waals surface area contributed by atoms with Gasteiger partial charge in [-0.2, -0.15) is 21.6 Å². The van der Waals surface area contributed by atoms with Gasteiger partial charge in [0, 0.05) is 6.66 Å². The minimum absolute atomic E-state index is 0.584. The highest BCUT2D eigenvalue weighted by Crippen LogP contribution is 2.38. The number of hydrogen-bond donors (Lipinski definition) is 1. The number of benzene rings is 1. The largest absolute Gasteiger partial charge is 0.417 e. The maximum atomic E-state index is 12.6. The lowest BCUT2D eigenvalue weighted by Gasteiger charge is -2.13. The Labute approximate surface area is 107 Å². The molecule has 1 aromatic carbocycles. The van der Waals surface area contributed by atoms with Crippen molar-refractivity contribution in [1.82, 2.24) is 0 Å². The zero-order valence-electron chi connectivity index (χ0n) is 9.59. The molecule has 0 aromatic heterocycles. The van der Waals surface area contributed by atoms with Crippen LogP contribution < -0.4 is 0 Å². The van der Waals surface area contributed by atoms with E-state index in [4.69, 9.17) is 4.89 Å². The van der Waals surface area contributed by atoms with Gasteiger partial charge in [-0.05, 0) is 12.1 Å². The van der Waals surface area contributed by atoms with Crippen LogP contribution in [0, 0.1) is 0 Å². The molecule has 10 heteroatoms. The van der Waals surface area contributed by atoms with E-state index in [2.05, 4.69) is 4.18 Å². The van der Waals surface area contributed by atoms with Crippen molar-refractivity contribution in [1.29, 1.82) is 0 Å². The molecule has 0 aliphatic carbocycles. The third kappa shape index (κ3) is 4.61. The first-order valence-electron chi connectivity index (χ1n) is 4.78. The molecule has 1 unspecified atom stereocenters. The van der Waals surface area contributed by atoms with Gasteiger partial charge in [0.2, 0.25) is 7.37 Å². The molecule has 1 atom stereocenters. The summed E-state index contributed by atoms with van der Waals surface area (Å²) in [4.78, 5) is 7.81. The highest BCUT2D eigenvalue weighted by atomic mass is 32.2. The van der Waals surface area contributed by atoms with Crippen molar-refractivity contribution < 1.29 is 35.2 Å². The zero-order chi connectivity index (χ0) is 14.9. The van der Waals surface area contributed by atoms with E-state index in [9.17, 15) is 26.2 Å². The maximum absolute atomic E-state index is 12.6. The van der Waals surface area contributed by atoms with Crippen LogP contribution in [0.15, 0.2) is 29.2 Å². The Morgan fingerprint density at radius 1 is 1.32 bits per heavy atom. The molecule has 0 amide bonds. The molecular weight excluding hydrogens is 308 g/mol. The number of hydrogen-bond acceptors (Lipinski definition) is 4. The van der Waals surface area contributed by atoms with Gasteiger partial charge >= 0.3 is 6.18 Å². The molecule has 0 bridgehead atoms. The van der Waals surface area contributed by atoms with E-state index in [1.807, 2.05) is 0 Å². The van der Waals surface area contributed by atoms with E-state index in [0.717, 1.165) is 24.9 Å². The average molecular weight is 318 g/mol. The summed E-state index contributed by atoms with van der Waals surface area (Å²) in [5.74, 6) is 0. The van der Waals surface area contributed by atoms with E-state index >= 15 is 0 Å². The van der Waals surface area contributed by atoms with Crippen LogP contribution in [0.2, 0.25) is 0 Å². The summed E-state index contributed by atoms with van der Waals surface area (Å²) in [5, 5.41) is 0. The Hall–Kier alpha value is -0.890. The zero-order valence-corrected chi connectivity index (χ0v) is 11.3. The fourth-order valence-electron chi connectivity index (χ4n) is 1.15. The molecule has 0 spiro atoms. The summed E-state index contributed by atoms with van der Waals surface area (Å²) >= 11 is 0. The summed E-state index contributed by atoms with van der Waals surface area (Å²) in [7, 11) is -8.58. The van der Waals surface area contributed by atoms with Crippen LogP contribution in [-0.2, 0) is 25.0 Å². The summed E-state index contributed by atoms with van der Waals surface area (Å²) in [6.45, 7) is 0.832. The smallest absolute Gasteiger partial charge is 0.343 e. The molecule has 108 valence electrons. The maximum Gasteiger partial charge on any atom is 0.417 e. The Bertz CT molecular complexity index is 605. The quantitative estimate of drug-likeness (QED) is 0.680. The van der Waals surface area contributed by atoms with E-state index in [1.165, 1.54) is 0 Å². The molecule has 0 aliphatic rings. The van der Waals surface area contributed by atoms with E-state index in [-0.39, 0.29) is 0 Å². The van der Waals surface area contributed by atoms with Gasteiger partial charge in [-0.15, -0.1) is 0 Å². The molecule has 0 heterocycles. The van der Waals surface area contributed by atoms with E-state index in [1.54, 1.807) is 0 Å². The van der Waals surface area contributed by atoms with Gasteiger partial charge in [-0.25, -0.2) is 0 Å². The molecule has 0 saturated heterocycles. The average Bonchev–Trinajstić information content (AvgIpc) is 2.25. The summed E-state index contributed by atoms with van der Waals surface area (Å²) in [6.07, 6.45) is -5.95. The van der Waals surface area contributed by atoms with Crippen molar-refractivity contribution in [2.75, 3.05) is 13.0 Å². The summed E-state index contributed by atoms with van der Waals surface area (Å²) in [6, 6.07) is 3.42. The van der Waals surface area contributed by atoms with Crippen LogP contribution >= 0.6 is 7.37 Å². The molecule has 0 radical (unpaired) electrons. The predicted molar refractivity (Wildman–Crippen MR) is 60.3 cm³/mol. The predicted octanol–water partition coefficient (Wildman–Crippen LogP) is 2.27. The first-order chi connectivity index (χ1) is 8.43. The first-order valence-corrected chi connectivity index (χ1v) is 8.48. The van der Waals surface area contributed by atoms with Crippen LogP contribution in [0.25, 0.3) is 0 Å². The van der Waals surface area contributed by atoms with Crippen molar-refractivity contribution in [3.63, 3.8) is 0 Å². The topological polar surface area (TPSA) is 80.7 Å². The minimum atomic E-state index is -4.87. The lowest BCUT2D eigenvalue weighted by Crippen LogP contribution is -2.15. The molecule has 1 aromatic rings. The second-order valence-electron chi connectivity index (χ2n) is 3.75. The van der Waals surface area contributed by atoms with Crippen LogP contribution in [0.5, 0.6) is 0 Å². The first kappa shape index (κ1) is 16.2. The van der Waals surface area contributed by atoms with Crippen molar-refractivity contribution in [3.8, 4) is 0 Å². The number of rotatable bonds is 4. The van der Waals surface area contributed by atoms with Crippen LogP contribution in [-0.4, -0.2) is 26.3 Å². The fraction of sp³-hybridized carbons (Fsp3) is 0.333. The van der Waals surface area contributed by atoms with Gasteiger partial charge in [0.15, 0.2) is 0 Å². The third-order valence-electron chi connectivity index (χ3n) is 1.91. The Kier molecular flexibility index (Phi) is 4.46. The van der Waals surface area contributed by atoms with E-state index in [0.29, 0.717) is 6.07 Å². The normalized spacial score (nSPS) is 16.1.